The number of hydrogen-bond acceptors (Lipinski definition) is 3. The largest absolute Gasteiger partial charge is 0.417 e. The molecule has 3 aromatic rings. The van der Waals surface area contributed by atoms with E-state index in [4.69, 9.17) is 0 Å². The van der Waals surface area contributed by atoms with Crippen molar-refractivity contribution in [3.8, 4) is 0 Å². The first-order valence-electron chi connectivity index (χ1n) is 7.33. The van der Waals surface area contributed by atoms with Gasteiger partial charge in [0.15, 0.2) is 5.82 Å². The van der Waals surface area contributed by atoms with Crippen LogP contribution in [0.25, 0.3) is 0 Å². The van der Waals surface area contributed by atoms with Gasteiger partial charge in [-0.1, -0.05) is 12.1 Å². The molecule has 128 valence electrons. The molecule has 1 aromatic carbocycles. The summed E-state index contributed by atoms with van der Waals surface area (Å²) in [6, 6.07) is 9.78. The van der Waals surface area contributed by atoms with Gasteiger partial charge in [0.2, 0.25) is 0 Å². The normalized spacial score (nSPS) is 11.3. The van der Waals surface area contributed by atoms with Crippen molar-refractivity contribution >= 4 is 11.7 Å². The maximum absolute atomic E-state index is 13.0. The van der Waals surface area contributed by atoms with Gasteiger partial charge < -0.3 is 5.32 Å². The highest BCUT2D eigenvalue weighted by molar-refractivity contribution is 6.04. The van der Waals surface area contributed by atoms with Crippen LogP contribution in [0.1, 0.15) is 21.5 Å². The molecule has 8 heteroatoms. The number of rotatable bonds is 4. The Hall–Kier alpha value is -3.16. The molecule has 0 fully saturated rings. The summed E-state index contributed by atoms with van der Waals surface area (Å²) in [6.45, 7) is 0.456. The van der Waals surface area contributed by atoms with Crippen molar-refractivity contribution in [2.75, 3.05) is 5.32 Å². The van der Waals surface area contributed by atoms with E-state index in [0.717, 1.165) is 17.7 Å². The number of benzene rings is 1. The number of nitrogens with zero attached hydrogens (tertiary/aromatic N) is 3. The van der Waals surface area contributed by atoms with Crippen molar-refractivity contribution in [1.82, 2.24) is 14.8 Å². The smallest absolute Gasteiger partial charge is 0.305 e. The molecule has 0 aliphatic carbocycles. The van der Waals surface area contributed by atoms with Crippen LogP contribution in [0.2, 0.25) is 0 Å². The molecule has 1 amide bonds. The molecule has 0 spiro atoms. The third-order valence-electron chi connectivity index (χ3n) is 3.45. The van der Waals surface area contributed by atoms with E-state index in [2.05, 4.69) is 15.4 Å². The minimum Gasteiger partial charge on any atom is -0.305 e. The summed E-state index contributed by atoms with van der Waals surface area (Å²) >= 11 is 0. The average molecular weight is 346 g/mol. The van der Waals surface area contributed by atoms with Crippen LogP contribution < -0.4 is 5.32 Å². The van der Waals surface area contributed by atoms with E-state index in [-0.39, 0.29) is 5.82 Å². The molecule has 0 saturated heterocycles. The van der Waals surface area contributed by atoms with E-state index in [1.165, 1.54) is 18.2 Å². The summed E-state index contributed by atoms with van der Waals surface area (Å²) in [7, 11) is 0. The molecule has 0 aliphatic rings. The Balaban J connectivity index is 1.75. The second-order valence-electron chi connectivity index (χ2n) is 5.25. The molecule has 1 N–H and O–H groups in total. The van der Waals surface area contributed by atoms with Crippen molar-refractivity contribution in [2.24, 2.45) is 0 Å². The van der Waals surface area contributed by atoms with Crippen LogP contribution in [-0.2, 0) is 12.7 Å². The number of carbonyl (C=O) groups is 1. The standard InChI is InChI=1S/C17H13F3N4O/c18-17(19,20)14-4-2-1-3-13(14)16(25)22-15-7-10-24(23-15)11-12-5-8-21-9-6-12/h1-10H,11H2,(H,22,23,25). The lowest BCUT2D eigenvalue weighted by atomic mass is 10.1. The zero-order chi connectivity index (χ0) is 17.9. The number of anilines is 1. The van der Waals surface area contributed by atoms with Crippen LogP contribution in [0.4, 0.5) is 19.0 Å². The Morgan fingerprint density at radius 3 is 2.52 bits per heavy atom. The first-order chi connectivity index (χ1) is 11.9. The van der Waals surface area contributed by atoms with Gasteiger partial charge in [-0.25, -0.2) is 0 Å². The lowest BCUT2D eigenvalue weighted by Crippen LogP contribution is -2.19. The summed E-state index contributed by atoms with van der Waals surface area (Å²) in [5.74, 6) is -0.682. The van der Waals surface area contributed by atoms with Crippen LogP contribution in [-0.4, -0.2) is 20.7 Å². The number of alkyl halides is 3. The summed E-state index contributed by atoms with van der Waals surface area (Å²) < 4.78 is 40.5. The number of carbonyl (C=O) groups excluding carboxylic acids is 1. The van der Waals surface area contributed by atoms with Crippen molar-refractivity contribution in [3.63, 3.8) is 0 Å². The molecule has 0 unspecified atom stereocenters. The summed E-state index contributed by atoms with van der Waals surface area (Å²) in [4.78, 5) is 16.1. The van der Waals surface area contributed by atoms with Crippen molar-refractivity contribution in [1.29, 1.82) is 0 Å². The van der Waals surface area contributed by atoms with E-state index in [1.54, 1.807) is 23.3 Å². The molecule has 2 aromatic heterocycles. The predicted octanol–water partition coefficient (Wildman–Crippen LogP) is 3.60. The van der Waals surface area contributed by atoms with Crippen LogP contribution in [0.15, 0.2) is 61.1 Å². The van der Waals surface area contributed by atoms with E-state index in [1.807, 2.05) is 12.1 Å². The maximum atomic E-state index is 13.0. The molecule has 0 bridgehead atoms. The van der Waals surface area contributed by atoms with Crippen molar-refractivity contribution < 1.29 is 18.0 Å². The molecule has 5 nitrogen and oxygen atoms in total. The highest BCUT2D eigenvalue weighted by atomic mass is 19.4. The third-order valence-corrected chi connectivity index (χ3v) is 3.45. The molecule has 0 radical (unpaired) electrons. The molecule has 0 saturated carbocycles. The van der Waals surface area contributed by atoms with E-state index in [0.29, 0.717) is 6.54 Å². The monoisotopic (exact) mass is 346 g/mol. The molecule has 3 rings (SSSR count). The Labute approximate surface area is 141 Å². The first kappa shape index (κ1) is 16.7. The third kappa shape index (κ3) is 4.03. The topological polar surface area (TPSA) is 59.8 Å². The van der Waals surface area contributed by atoms with E-state index < -0.39 is 23.2 Å². The minimum atomic E-state index is -4.60. The first-order valence-corrected chi connectivity index (χ1v) is 7.33. The highest BCUT2D eigenvalue weighted by Gasteiger charge is 2.34. The second-order valence-corrected chi connectivity index (χ2v) is 5.25. The summed E-state index contributed by atoms with van der Waals surface area (Å²) in [5, 5.41) is 6.54. The maximum Gasteiger partial charge on any atom is 0.417 e. The number of aromatic nitrogens is 3. The Kier molecular flexibility index (Phi) is 4.51. The highest BCUT2D eigenvalue weighted by Crippen LogP contribution is 2.32. The second kappa shape index (κ2) is 6.76. The molecular weight excluding hydrogens is 333 g/mol. The Morgan fingerprint density at radius 1 is 1.08 bits per heavy atom. The molecule has 2 heterocycles. The lowest BCUT2D eigenvalue weighted by Gasteiger charge is -2.11. The fourth-order valence-corrected chi connectivity index (χ4v) is 2.30. The van der Waals surface area contributed by atoms with Gasteiger partial charge in [0.05, 0.1) is 17.7 Å². The zero-order valence-electron chi connectivity index (χ0n) is 12.9. The van der Waals surface area contributed by atoms with Gasteiger partial charge in [0, 0.05) is 24.7 Å². The van der Waals surface area contributed by atoms with Gasteiger partial charge in [-0.05, 0) is 29.8 Å². The van der Waals surface area contributed by atoms with Crippen molar-refractivity contribution in [2.45, 2.75) is 12.7 Å². The van der Waals surface area contributed by atoms with Gasteiger partial charge in [-0.3, -0.25) is 14.5 Å². The SMILES string of the molecule is O=C(Nc1ccn(Cc2ccncc2)n1)c1ccccc1C(F)(F)F. The summed E-state index contributed by atoms with van der Waals surface area (Å²) in [5.41, 5.74) is -0.471. The molecule has 25 heavy (non-hydrogen) atoms. The average Bonchev–Trinajstić information content (AvgIpc) is 3.02. The Morgan fingerprint density at radius 2 is 1.80 bits per heavy atom. The molecular formula is C17H13F3N4O. The van der Waals surface area contributed by atoms with E-state index in [9.17, 15) is 18.0 Å². The van der Waals surface area contributed by atoms with Crippen LogP contribution in [0, 0.1) is 0 Å². The number of hydrogen-bond donors (Lipinski definition) is 1. The minimum absolute atomic E-state index is 0.177. The predicted molar refractivity (Wildman–Crippen MR) is 85.0 cm³/mol. The number of pyridine rings is 1. The number of amides is 1. The van der Waals surface area contributed by atoms with Gasteiger partial charge in [0.25, 0.3) is 5.91 Å². The van der Waals surface area contributed by atoms with Gasteiger partial charge >= 0.3 is 6.18 Å². The van der Waals surface area contributed by atoms with Crippen LogP contribution >= 0.6 is 0 Å². The summed E-state index contributed by atoms with van der Waals surface area (Å²) in [6.07, 6.45) is 0.325. The van der Waals surface area contributed by atoms with Gasteiger partial charge in [-0.2, -0.15) is 18.3 Å². The van der Waals surface area contributed by atoms with Crippen LogP contribution in [0.5, 0.6) is 0 Å². The quantitative estimate of drug-likeness (QED) is 0.785. The van der Waals surface area contributed by atoms with E-state index >= 15 is 0 Å². The van der Waals surface area contributed by atoms with Crippen molar-refractivity contribution in [3.05, 3.63) is 77.7 Å². The molecule has 0 atom stereocenters. The van der Waals surface area contributed by atoms with Gasteiger partial charge in [-0.15, -0.1) is 0 Å². The number of halogens is 3. The van der Waals surface area contributed by atoms with Gasteiger partial charge in [0.1, 0.15) is 0 Å². The number of nitrogens with one attached hydrogen (secondary N) is 1. The lowest BCUT2D eigenvalue weighted by molar-refractivity contribution is -0.137. The van der Waals surface area contributed by atoms with Crippen LogP contribution in [0.3, 0.4) is 0 Å². The fraction of sp³-hybridized carbons (Fsp3) is 0.118. The fourth-order valence-electron chi connectivity index (χ4n) is 2.30. The molecule has 0 aliphatic heterocycles. The Bertz CT molecular complexity index is 875. The zero-order valence-corrected chi connectivity index (χ0v) is 12.9.